The third kappa shape index (κ3) is 2.88. The van der Waals surface area contributed by atoms with Gasteiger partial charge in [0.25, 0.3) is 12.0 Å². The standard InChI is InChI=1S/C8H11F2N3O/c1-11-3-2-6-12-5(8(9)10)4-7(14)13-6/h4,8,11H,2-3H2,1H3,(H,12,13,14). The number of rotatable bonds is 4. The molecule has 0 unspecified atom stereocenters. The van der Waals surface area contributed by atoms with Gasteiger partial charge in [0.05, 0.1) is 0 Å². The second kappa shape index (κ2) is 4.80. The molecule has 0 spiro atoms. The van der Waals surface area contributed by atoms with Gasteiger partial charge in [-0.25, -0.2) is 13.8 Å². The summed E-state index contributed by atoms with van der Waals surface area (Å²) in [7, 11) is 1.73. The molecule has 2 N–H and O–H groups in total. The quantitative estimate of drug-likeness (QED) is 0.747. The zero-order valence-electron chi connectivity index (χ0n) is 7.68. The Morgan fingerprint density at radius 1 is 1.64 bits per heavy atom. The van der Waals surface area contributed by atoms with Gasteiger partial charge in [-0.05, 0) is 7.05 Å². The van der Waals surface area contributed by atoms with Crippen LogP contribution in [0.5, 0.6) is 0 Å². The van der Waals surface area contributed by atoms with Crippen LogP contribution in [0.3, 0.4) is 0 Å². The van der Waals surface area contributed by atoms with Gasteiger partial charge in [-0.1, -0.05) is 0 Å². The Kier molecular flexibility index (Phi) is 3.70. The molecule has 1 rings (SSSR count). The fourth-order valence-corrected chi connectivity index (χ4v) is 1.00. The van der Waals surface area contributed by atoms with E-state index in [1.165, 1.54) is 0 Å². The van der Waals surface area contributed by atoms with Crippen LogP contribution in [0.15, 0.2) is 10.9 Å². The fraction of sp³-hybridized carbons (Fsp3) is 0.500. The van der Waals surface area contributed by atoms with Gasteiger partial charge in [0.2, 0.25) is 0 Å². The normalized spacial score (nSPS) is 10.9. The van der Waals surface area contributed by atoms with Gasteiger partial charge in [-0.15, -0.1) is 0 Å². The molecule has 4 nitrogen and oxygen atoms in total. The van der Waals surface area contributed by atoms with Gasteiger partial charge in [-0.3, -0.25) is 4.79 Å². The molecule has 0 saturated carbocycles. The van der Waals surface area contributed by atoms with Crippen LogP contribution in [0.4, 0.5) is 8.78 Å². The van der Waals surface area contributed by atoms with Gasteiger partial charge in [0.1, 0.15) is 11.5 Å². The smallest absolute Gasteiger partial charge is 0.280 e. The first kappa shape index (κ1) is 10.8. The second-order valence-electron chi connectivity index (χ2n) is 2.77. The minimum absolute atomic E-state index is 0.280. The second-order valence-corrected chi connectivity index (χ2v) is 2.77. The number of hydrogen-bond donors (Lipinski definition) is 2. The van der Waals surface area contributed by atoms with Gasteiger partial charge in [0.15, 0.2) is 0 Å². The maximum atomic E-state index is 12.2. The van der Waals surface area contributed by atoms with Crippen molar-refractivity contribution >= 4 is 0 Å². The highest BCUT2D eigenvalue weighted by atomic mass is 19.3. The molecule has 78 valence electrons. The third-order valence-electron chi connectivity index (χ3n) is 1.65. The Balaban J connectivity index is 2.90. The lowest BCUT2D eigenvalue weighted by Gasteiger charge is -2.02. The molecule has 0 aromatic carbocycles. The van der Waals surface area contributed by atoms with E-state index >= 15 is 0 Å². The number of aromatic amines is 1. The molecule has 0 bridgehead atoms. The first-order valence-corrected chi connectivity index (χ1v) is 4.16. The Hall–Kier alpha value is -1.30. The van der Waals surface area contributed by atoms with Crippen LogP contribution < -0.4 is 10.9 Å². The van der Waals surface area contributed by atoms with E-state index in [0.717, 1.165) is 6.07 Å². The van der Waals surface area contributed by atoms with Gasteiger partial charge in [0, 0.05) is 19.0 Å². The van der Waals surface area contributed by atoms with Crippen LogP contribution in [-0.2, 0) is 6.42 Å². The number of alkyl halides is 2. The minimum atomic E-state index is -2.70. The van der Waals surface area contributed by atoms with Crippen molar-refractivity contribution in [2.45, 2.75) is 12.8 Å². The Bertz CT molecular complexity index is 351. The summed E-state index contributed by atoms with van der Waals surface area (Å²) in [6.45, 7) is 0.579. The van der Waals surface area contributed by atoms with Crippen molar-refractivity contribution in [1.82, 2.24) is 15.3 Å². The van der Waals surface area contributed by atoms with Crippen molar-refractivity contribution in [2.75, 3.05) is 13.6 Å². The minimum Gasteiger partial charge on any atom is -0.319 e. The Morgan fingerprint density at radius 2 is 2.36 bits per heavy atom. The molecular weight excluding hydrogens is 192 g/mol. The predicted octanol–water partition coefficient (Wildman–Crippen LogP) is 0.469. The molecule has 1 heterocycles. The van der Waals surface area contributed by atoms with Crippen LogP contribution in [0.25, 0.3) is 0 Å². The molecular formula is C8H11F2N3O. The molecule has 0 aliphatic heterocycles. The topological polar surface area (TPSA) is 57.8 Å². The highest BCUT2D eigenvalue weighted by Crippen LogP contribution is 2.13. The number of aromatic nitrogens is 2. The lowest BCUT2D eigenvalue weighted by atomic mass is 10.3. The van der Waals surface area contributed by atoms with Crippen LogP contribution in [0.2, 0.25) is 0 Å². The third-order valence-corrected chi connectivity index (χ3v) is 1.65. The molecule has 0 atom stereocenters. The molecule has 14 heavy (non-hydrogen) atoms. The van der Waals surface area contributed by atoms with E-state index in [0.29, 0.717) is 13.0 Å². The first-order valence-electron chi connectivity index (χ1n) is 4.16. The Labute approximate surface area is 79.4 Å². The molecule has 0 radical (unpaired) electrons. The Morgan fingerprint density at radius 3 is 2.93 bits per heavy atom. The van der Waals surface area contributed by atoms with Crippen molar-refractivity contribution in [3.8, 4) is 0 Å². The van der Waals surface area contributed by atoms with Crippen molar-refractivity contribution in [1.29, 1.82) is 0 Å². The molecule has 0 aliphatic rings. The number of nitrogens with zero attached hydrogens (tertiary/aromatic N) is 1. The predicted molar refractivity (Wildman–Crippen MR) is 47.4 cm³/mol. The van der Waals surface area contributed by atoms with Crippen molar-refractivity contribution < 1.29 is 8.78 Å². The monoisotopic (exact) mass is 203 g/mol. The van der Waals surface area contributed by atoms with Gasteiger partial charge >= 0.3 is 0 Å². The summed E-state index contributed by atoms with van der Waals surface area (Å²) in [4.78, 5) is 17.0. The van der Waals surface area contributed by atoms with Crippen LogP contribution in [0.1, 0.15) is 17.9 Å². The maximum absolute atomic E-state index is 12.2. The van der Waals surface area contributed by atoms with Crippen LogP contribution in [0, 0.1) is 0 Å². The fourth-order valence-electron chi connectivity index (χ4n) is 1.00. The van der Waals surface area contributed by atoms with E-state index in [9.17, 15) is 13.6 Å². The summed E-state index contributed by atoms with van der Waals surface area (Å²) < 4.78 is 24.4. The molecule has 1 aromatic rings. The number of hydrogen-bond acceptors (Lipinski definition) is 3. The maximum Gasteiger partial charge on any atom is 0.280 e. The zero-order valence-corrected chi connectivity index (χ0v) is 7.68. The number of H-pyrrole nitrogens is 1. The zero-order chi connectivity index (χ0) is 10.6. The molecule has 0 amide bonds. The van der Waals surface area contributed by atoms with Crippen LogP contribution >= 0.6 is 0 Å². The molecule has 6 heteroatoms. The summed E-state index contributed by atoms with van der Waals surface area (Å²) in [6.07, 6.45) is -2.28. The van der Waals surface area contributed by atoms with Gasteiger partial charge in [-0.2, -0.15) is 0 Å². The first-order chi connectivity index (χ1) is 6.63. The van der Waals surface area contributed by atoms with Crippen molar-refractivity contribution in [3.05, 3.63) is 27.9 Å². The SMILES string of the molecule is CNCCc1nc(C(F)F)cc(=O)[nH]1. The van der Waals surface area contributed by atoms with E-state index in [4.69, 9.17) is 0 Å². The average Bonchev–Trinajstić information content (AvgIpc) is 2.14. The molecule has 0 fully saturated rings. The lowest BCUT2D eigenvalue weighted by Crippen LogP contribution is -2.17. The van der Waals surface area contributed by atoms with Crippen LogP contribution in [-0.4, -0.2) is 23.6 Å². The van der Waals surface area contributed by atoms with E-state index in [-0.39, 0.29) is 5.82 Å². The van der Waals surface area contributed by atoms with E-state index < -0.39 is 17.7 Å². The summed E-state index contributed by atoms with van der Waals surface area (Å²) in [6, 6.07) is 0.813. The van der Waals surface area contributed by atoms with Gasteiger partial charge < -0.3 is 10.3 Å². The van der Waals surface area contributed by atoms with Crippen molar-refractivity contribution in [3.63, 3.8) is 0 Å². The molecule has 0 saturated heterocycles. The van der Waals surface area contributed by atoms with Crippen molar-refractivity contribution in [2.24, 2.45) is 0 Å². The summed E-state index contributed by atoms with van der Waals surface area (Å²) >= 11 is 0. The number of halogens is 2. The number of nitrogens with one attached hydrogen (secondary N) is 2. The van der Waals surface area contributed by atoms with E-state index in [1.54, 1.807) is 7.05 Å². The highest BCUT2D eigenvalue weighted by Gasteiger charge is 2.10. The summed E-state index contributed by atoms with van der Waals surface area (Å²) in [5.74, 6) is 0.280. The summed E-state index contributed by atoms with van der Waals surface area (Å²) in [5.41, 5.74) is -1.01. The van der Waals surface area contributed by atoms with E-state index in [2.05, 4.69) is 15.3 Å². The molecule has 1 aromatic heterocycles. The lowest BCUT2D eigenvalue weighted by molar-refractivity contribution is 0.145. The average molecular weight is 203 g/mol. The molecule has 0 aliphatic carbocycles. The van der Waals surface area contributed by atoms with E-state index in [1.807, 2.05) is 0 Å². The number of likely N-dealkylation sites (N-methyl/N-ethyl adjacent to an activating group) is 1. The summed E-state index contributed by atoms with van der Waals surface area (Å²) in [5, 5.41) is 2.83. The highest BCUT2D eigenvalue weighted by molar-refractivity contribution is 5.04. The largest absolute Gasteiger partial charge is 0.319 e.